The average Bonchev–Trinajstić information content (AvgIpc) is 2.56. The summed E-state index contributed by atoms with van der Waals surface area (Å²) in [6.07, 6.45) is -1.21. The van der Waals surface area contributed by atoms with Gasteiger partial charge in [-0.2, -0.15) is 23.3 Å². The number of aromatic nitrogens is 3. The molecule has 0 unspecified atom stereocenters. The van der Waals surface area contributed by atoms with Gasteiger partial charge in [0.2, 0.25) is 5.95 Å². The fourth-order valence-corrected chi connectivity index (χ4v) is 2.53. The predicted octanol–water partition coefficient (Wildman–Crippen LogP) is 4.91. The summed E-state index contributed by atoms with van der Waals surface area (Å²) in [5, 5.41) is 10.2. The van der Waals surface area contributed by atoms with E-state index < -0.39 is 11.7 Å². The fourth-order valence-electron chi connectivity index (χ4n) is 2.36. The predicted molar refractivity (Wildman–Crippen MR) is 92.4 cm³/mol. The van der Waals surface area contributed by atoms with E-state index in [-0.39, 0.29) is 16.7 Å². The first kappa shape index (κ1) is 19.2. The number of benzene rings is 1. The third-order valence-electron chi connectivity index (χ3n) is 3.39. The number of rotatable bonds is 7. The Morgan fingerprint density at radius 3 is 2.44 bits per heavy atom. The van der Waals surface area contributed by atoms with Gasteiger partial charge >= 0.3 is 6.18 Å². The van der Waals surface area contributed by atoms with Crippen LogP contribution in [0.15, 0.2) is 24.4 Å². The van der Waals surface area contributed by atoms with E-state index in [0.717, 1.165) is 32.0 Å². The van der Waals surface area contributed by atoms with Crippen molar-refractivity contribution in [1.82, 2.24) is 15.2 Å². The van der Waals surface area contributed by atoms with Gasteiger partial charge in [0.1, 0.15) is 0 Å². The lowest BCUT2D eigenvalue weighted by Crippen LogP contribution is -2.26. The zero-order valence-corrected chi connectivity index (χ0v) is 14.7. The molecule has 0 bridgehead atoms. The van der Waals surface area contributed by atoms with Crippen molar-refractivity contribution in [2.45, 2.75) is 32.9 Å². The van der Waals surface area contributed by atoms with E-state index in [2.05, 4.69) is 20.5 Å². The van der Waals surface area contributed by atoms with Gasteiger partial charge in [0, 0.05) is 18.1 Å². The Bertz CT molecular complexity index is 702. The van der Waals surface area contributed by atoms with Crippen LogP contribution in [0.25, 0.3) is 0 Å². The van der Waals surface area contributed by atoms with Gasteiger partial charge in [-0.1, -0.05) is 25.4 Å². The summed E-state index contributed by atoms with van der Waals surface area (Å²) < 4.78 is 39.5. The van der Waals surface area contributed by atoms with Crippen LogP contribution in [0, 0.1) is 0 Å². The molecule has 0 saturated carbocycles. The molecule has 0 aliphatic rings. The third kappa shape index (κ3) is 5.19. The van der Waals surface area contributed by atoms with Gasteiger partial charge in [-0.3, -0.25) is 0 Å². The minimum Gasteiger partial charge on any atom is -0.355 e. The molecular weight excluding hydrogens is 355 g/mol. The Morgan fingerprint density at radius 1 is 1.16 bits per heavy atom. The zero-order chi connectivity index (χ0) is 18.4. The van der Waals surface area contributed by atoms with E-state index in [1.807, 2.05) is 18.7 Å². The highest BCUT2D eigenvalue weighted by molar-refractivity contribution is 6.30. The summed E-state index contributed by atoms with van der Waals surface area (Å²) in [5.41, 5.74) is -1.05. The molecule has 0 atom stereocenters. The molecule has 0 saturated heterocycles. The minimum atomic E-state index is -4.55. The van der Waals surface area contributed by atoms with Gasteiger partial charge in [0.15, 0.2) is 5.82 Å². The zero-order valence-electron chi connectivity index (χ0n) is 13.9. The minimum absolute atomic E-state index is 0.00234. The normalized spacial score (nSPS) is 11.4. The topological polar surface area (TPSA) is 53.9 Å². The van der Waals surface area contributed by atoms with Crippen molar-refractivity contribution in [1.29, 1.82) is 0 Å². The smallest absolute Gasteiger partial charge is 0.355 e. The number of nitrogens with zero attached hydrogens (tertiary/aromatic N) is 4. The van der Waals surface area contributed by atoms with Crippen molar-refractivity contribution in [2.75, 3.05) is 23.3 Å². The number of nitrogens with one attached hydrogen (secondary N) is 1. The van der Waals surface area contributed by atoms with Crippen LogP contribution in [-0.4, -0.2) is 28.3 Å². The van der Waals surface area contributed by atoms with Gasteiger partial charge in [-0.15, -0.1) is 5.10 Å². The molecule has 5 nitrogen and oxygen atoms in total. The summed E-state index contributed by atoms with van der Waals surface area (Å²) in [6, 6.07) is 3.48. The molecule has 0 spiro atoms. The largest absolute Gasteiger partial charge is 0.418 e. The maximum absolute atomic E-state index is 13.2. The number of hydrogen-bond donors (Lipinski definition) is 1. The van der Waals surface area contributed by atoms with E-state index in [0.29, 0.717) is 5.82 Å². The highest BCUT2D eigenvalue weighted by atomic mass is 35.5. The summed E-state index contributed by atoms with van der Waals surface area (Å²) >= 11 is 5.68. The Hall–Kier alpha value is -2.09. The van der Waals surface area contributed by atoms with E-state index >= 15 is 0 Å². The molecule has 1 aromatic heterocycles. The molecule has 0 radical (unpaired) electrons. The highest BCUT2D eigenvalue weighted by Gasteiger charge is 2.34. The van der Waals surface area contributed by atoms with Crippen molar-refractivity contribution in [3.8, 4) is 0 Å². The van der Waals surface area contributed by atoms with Crippen molar-refractivity contribution < 1.29 is 13.2 Å². The summed E-state index contributed by atoms with van der Waals surface area (Å²) in [5.74, 6) is 0.575. The van der Waals surface area contributed by atoms with Gasteiger partial charge in [-0.05, 0) is 31.0 Å². The number of hydrogen-bond acceptors (Lipinski definition) is 5. The lowest BCUT2D eigenvalue weighted by Gasteiger charge is -2.22. The van der Waals surface area contributed by atoms with Gasteiger partial charge in [-0.25, -0.2) is 0 Å². The molecular formula is C16H19ClF3N5. The van der Waals surface area contributed by atoms with Crippen LogP contribution in [0.5, 0.6) is 0 Å². The standard InChI is InChI=1S/C16H19ClF3N5/c1-3-7-25(8-4-2)14-10-21-24-15(23-14)22-13-6-5-11(17)9-12(13)16(18,19)20/h5-6,9-10H,3-4,7-8H2,1-2H3,(H,22,23,24). The van der Waals surface area contributed by atoms with E-state index in [1.165, 1.54) is 18.3 Å². The summed E-state index contributed by atoms with van der Waals surface area (Å²) in [4.78, 5) is 6.31. The number of alkyl halides is 3. The number of halogens is 4. The van der Waals surface area contributed by atoms with Crippen LogP contribution in [0.2, 0.25) is 5.02 Å². The van der Waals surface area contributed by atoms with Crippen LogP contribution in [0.3, 0.4) is 0 Å². The quantitative estimate of drug-likeness (QED) is 0.747. The van der Waals surface area contributed by atoms with E-state index in [4.69, 9.17) is 11.6 Å². The second-order valence-electron chi connectivity index (χ2n) is 5.44. The van der Waals surface area contributed by atoms with Gasteiger partial charge < -0.3 is 10.2 Å². The molecule has 2 rings (SSSR count). The first-order valence-electron chi connectivity index (χ1n) is 7.93. The molecule has 2 aromatic rings. The van der Waals surface area contributed by atoms with Crippen molar-refractivity contribution >= 4 is 29.1 Å². The Morgan fingerprint density at radius 2 is 1.84 bits per heavy atom. The molecule has 136 valence electrons. The molecule has 0 aliphatic carbocycles. The maximum Gasteiger partial charge on any atom is 0.418 e. The molecule has 1 aromatic carbocycles. The van der Waals surface area contributed by atoms with Crippen LogP contribution in [-0.2, 0) is 6.18 Å². The van der Waals surface area contributed by atoms with Gasteiger partial charge in [0.05, 0.1) is 17.4 Å². The van der Waals surface area contributed by atoms with Crippen LogP contribution >= 0.6 is 11.6 Å². The molecule has 1 heterocycles. The lowest BCUT2D eigenvalue weighted by molar-refractivity contribution is -0.136. The highest BCUT2D eigenvalue weighted by Crippen LogP contribution is 2.37. The Labute approximate surface area is 149 Å². The second-order valence-corrected chi connectivity index (χ2v) is 5.87. The van der Waals surface area contributed by atoms with E-state index in [9.17, 15) is 13.2 Å². The molecule has 1 N–H and O–H groups in total. The van der Waals surface area contributed by atoms with Crippen molar-refractivity contribution in [3.63, 3.8) is 0 Å². The van der Waals surface area contributed by atoms with Gasteiger partial charge in [0.25, 0.3) is 0 Å². The van der Waals surface area contributed by atoms with Crippen molar-refractivity contribution in [2.24, 2.45) is 0 Å². The van der Waals surface area contributed by atoms with Crippen LogP contribution < -0.4 is 10.2 Å². The van der Waals surface area contributed by atoms with Crippen molar-refractivity contribution in [3.05, 3.63) is 35.0 Å². The van der Waals surface area contributed by atoms with Crippen LogP contribution in [0.4, 0.5) is 30.6 Å². The number of anilines is 3. The molecule has 25 heavy (non-hydrogen) atoms. The molecule has 0 amide bonds. The maximum atomic E-state index is 13.2. The first-order chi connectivity index (χ1) is 11.8. The average molecular weight is 374 g/mol. The monoisotopic (exact) mass is 373 g/mol. The SMILES string of the molecule is CCCN(CCC)c1cnnc(Nc2ccc(Cl)cc2C(F)(F)F)n1. The Kier molecular flexibility index (Phi) is 6.41. The second kappa shape index (κ2) is 8.33. The third-order valence-corrected chi connectivity index (χ3v) is 3.63. The summed E-state index contributed by atoms with van der Waals surface area (Å²) in [6.45, 7) is 5.64. The Balaban J connectivity index is 2.31. The van der Waals surface area contributed by atoms with Crippen LogP contribution in [0.1, 0.15) is 32.3 Å². The molecule has 9 heteroatoms. The molecule has 0 fully saturated rings. The van der Waals surface area contributed by atoms with E-state index in [1.54, 1.807) is 0 Å². The summed E-state index contributed by atoms with van der Waals surface area (Å²) in [7, 11) is 0. The fraction of sp³-hybridized carbons (Fsp3) is 0.438. The molecule has 0 aliphatic heterocycles. The lowest BCUT2D eigenvalue weighted by atomic mass is 10.1. The first-order valence-corrected chi connectivity index (χ1v) is 8.31.